The van der Waals surface area contributed by atoms with Gasteiger partial charge in [-0.1, -0.05) is 17.7 Å². The van der Waals surface area contributed by atoms with Crippen molar-refractivity contribution in [3.8, 4) is 0 Å². The van der Waals surface area contributed by atoms with Crippen molar-refractivity contribution in [3.05, 3.63) is 29.8 Å². The molecule has 0 saturated carbocycles. The molecular weight excluding hydrogens is 254 g/mol. The summed E-state index contributed by atoms with van der Waals surface area (Å²) >= 11 is 0. The second-order valence-electron chi connectivity index (χ2n) is 5.23. The first-order valence-corrected chi connectivity index (χ1v) is 6.97. The van der Waals surface area contributed by atoms with Gasteiger partial charge >= 0.3 is 0 Å². The van der Waals surface area contributed by atoms with E-state index in [1.165, 1.54) is 0 Å². The van der Waals surface area contributed by atoms with Crippen LogP contribution in [0.25, 0.3) is 0 Å². The Bertz CT molecular complexity index is 478. The lowest BCUT2D eigenvalue weighted by atomic mass is 10.2. The van der Waals surface area contributed by atoms with Gasteiger partial charge in [0.15, 0.2) is 0 Å². The van der Waals surface area contributed by atoms with E-state index in [9.17, 15) is 9.59 Å². The lowest BCUT2D eigenvalue weighted by Gasteiger charge is -2.17. The van der Waals surface area contributed by atoms with Crippen LogP contribution in [0.1, 0.15) is 25.3 Å². The van der Waals surface area contributed by atoms with Gasteiger partial charge in [0.2, 0.25) is 11.8 Å². The molecule has 1 aliphatic heterocycles. The van der Waals surface area contributed by atoms with E-state index in [4.69, 9.17) is 0 Å². The zero-order valence-electron chi connectivity index (χ0n) is 11.9. The molecule has 0 spiro atoms. The molecule has 108 valence electrons. The van der Waals surface area contributed by atoms with Gasteiger partial charge in [0.25, 0.3) is 0 Å². The molecule has 5 nitrogen and oxygen atoms in total. The summed E-state index contributed by atoms with van der Waals surface area (Å²) in [5.74, 6) is -0.311. The second-order valence-corrected chi connectivity index (χ2v) is 5.23. The molecule has 1 heterocycles. The molecule has 5 heteroatoms. The Morgan fingerprint density at radius 3 is 2.60 bits per heavy atom. The molecule has 1 saturated heterocycles. The van der Waals surface area contributed by atoms with Crippen molar-refractivity contribution in [3.63, 3.8) is 0 Å². The summed E-state index contributed by atoms with van der Waals surface area (Å²) in [7, 11) is 0. The van der Waals surface area contributed by atoms with Gasteiger partial charge in [-0.2, -0.15) is 0 Å². The molecule has 20 heavy (non-hydrogen) atoms. The van der Waals surface area contributed by atoms with Gasteiger partial charge < -0.3 is 16.0 Å². The van der Waals surface area contributed by atoms with E-state index < -0.39 is 6.04 Å². The highest BCUT2D eigenvalue weighted by molar-refractivity contribution is 5.97. The van der Waals surface area contributed by atoms with Crippen LogP contribution in [0.4, 0.5) is 5.69 Å². The molecule has 0 unspecified atom stereocenters. The zero-order chi connectivity index (χ0) is 14.5. The molecule has 3 N–H and O–H groups in total. The summed E-state index contributed by atoms with van der Waals surface area (Å²) in [6, 6.07) is 6.85. The van der Waals surface area contributed by atoms with Gasteiger partial charge in [-0.25, -0.2) is 0 Å². The van der Waals surface area contributed by atoms with Crippen molar-refractivity contribution in [1.29, 1.82) is 0 Å². The minimum absolute atomic E-state index is 0.103. The number of rotatable bonds is 4. The lowest BCUT2D eigenvalue weighted by molar-refractivity contribution is -0.127. The molecule has 0 aromatic heterocycles. The Kier molecular flexibility index (Phi) is 4.74. The highest BCUT2D eigenvalue weighted by atomic mass is 16.2. The van der Waals surface area contributed by atoms with Gasteiger partial charge in [-0.3, -0.25) is 9.59 Å². The topological polar surface area (TPSA) is 70.2 Å². The summed E-state index contributed by atoms with van der Waals surface area (Å²) in [4.78, 5) is 23.9. The smallest absolute Gasteiger partial charge is 0.246 e. The van der Waals surface area contributed by atoms with Gasteiger partial charge in [-0.05, 0) is 45.4 Å². The molecule has 2 atom stereocenters. The van der Waals surface area contributed by atoms with Crippen LogP contribution in [0.2, 0.25) is 0 Å². The number of nitrogens with one attached hydrogen (secondary N) is 3. The van der Waals surface area contributed by atoms with Crippen LogP contribution in [0, 0.1) is 6.92 Å². The third-order valence-corrected chi connectivity index (χ3v) is 3.45. The van der Waals surface area contributed by atoms with E-state index >= 15 is 0 Å². The molecule has 1 aliphatic rings. The van der Waals surface area contributed by atoms with Crippen LogP contribution < -0.4 is 16.0 Å². The maximum atomic E-state index is 12.0. The number of anilines is 1. The van der Waals surface area contributed by atoms with E-state index in [1.54, 1.807) is 6.92 Å². The van der Waals surface area contributed by atoms with Gasteiger partial charge in [0.1, 0.15) is 6.04 Å². The monoisotopic (exact) mass is 275 g/mol. The van der Waals surface area contributed by atoms with Crippen LogP contribution in [0.15, 0.2) is 24.3 Å². The highest BCUT2D eigenvalue weighted by Gasteiger charge is 2.24. The lowest BCUT2D eigenvalue weighted by Crippen LogP contribution is -2.48. The first kappa shape index (κ1) is 14.5. The summed E-state index contributed by atoms with van der Waals surface area (Å²) in [5, 5.41) is 8.64. The average molecular weight is 275 g/mol. The van der Waals surface area contributed by atoms with Gasteiger partial charge in [-0.15, -0.1) is 0 Å². The Morgan fingerprint density at radius 2 is 2.00 bits per heavy atom. The number of hydrogen-bond acceptors (Lipinski definition) is 3. The number of carbonyl (C=O) groups is 2. The Labute approximate surface area is 119 Å². The van der Waals surface area contributed by atoms with E-state index in [0.717, 1.165) is 30.6 Å². The van der Waals surface area contributed by atoms with Crippen molar-refractivity contribution in [2.75, 3.05) is 11.9 Å². The van der Waals surface area contributed by atoms with Crippen molar-refractivity contribution in [2.24, 2.45) is 0 Å². The summed E-state index contributed by atoms with van der Waals surface area (Å²) < 4.78 is 0. The fourth-order valence-corrected chi connectivity index (χ4v) is 2.18. The van der Waals surface area contributed by atoms with Crippen LogP contribution in [0.3, 0.4) is 0 Å². The average Bonchev–Trinajstić information content (AvgIpc) is 2.95. The fraction of sp³-hybridized carbons (Fsp3) is 0.467. The molecule has 2 amide bonds. The van der Waals surface area contributed by atoms with E-state index in [0.29, 0.717) is 0 Å². The maximum absolute atomic E-state index is 12.0. The minimum Gasteiger partial charge on any atom is -0.343 e. The molecule has 0 aliphatic carbocycles. The minimum atomic E-state index is -0.550. The maximum Gasteiger partial charge on any atom is 0.246 e. The predicted molar refractivity (Wildman–Crippen MR) is 78.4 cm³/mol. The van der Waals surface area contributed by atoms with Crippen LogP contribution >= 0.6 is 0 Å². The molecule has 0 radical (unpaired) electrons. The summed E-state index contributed by atoms with van der Waals surface area (Å²) in [5.41, 5.74) is 1.87. The molecule has 2 rings (SSSR count). The zero-order valence-corrected chi connectivity index (χ0v) is 11.9. The third-order valence-electron chi connectivity index (χ3n) is 3.45. The van der Waals surface area contributed by atoms with Crippen LogP contribution in [-0.4, -0.2) is 30.4 Å². The van der Waals surface area contributed by atoms with Crippen LogP contribution in [-0.2, 0) is 9.59 Å². The SMILES string of the molecule is Cc1ccc(NC(=O)[C@H](C)NC(=O)[C@H]2CCCN2)cc1. The van der Waals surface area contributed by atoms with Crippen molar-refractivity contribution in [2.45, 2.75) is 38.8 Å². The van der Waals surface area contributed by atoms with Crippen molar-refractivity contribution in [1.82, 2.24) is 10.6 Å². The Morgan fingerprint density at radius 1 is 1.30 bits per heavy atom. The molecule has 1 aromatic carbocycles. The molecule has 1 aromatic rings. The van der Waals surface area contributed by atoms with E-state index in [2.05, 4.69) is 16.0 Å². The predicted octanol–water partition coefficient (Wildman–Crippen LogP) is 1.19. The number of amides is 2. The van der Waals surface area contributed by atoms with E-state index in [1.807, 2.05) is 31.2 Å². The number of aryl methyl sites for hydroxylation is 1. The standard InChI is InChI=1S/C15H21N3O2/c1-10-5-7-12(8-6-10)18-14(19)11(2)17-15(20)13-4-3-9-16-13/h5-8,11,13,16H,3-4,9H2,1-2H3,(H,17,20)(H,18,19)/t11-,13+/m0/s1. The Balaban J connectivity index is 1.85. The molecular formula is C15H21N3O2. The van der Waals surface area contributed by atoms with Crippen molar-refractivity contribution >= 4 is 17.5 Å². The quantitative estimate of drug-likeness (QED) is 0.773. The summed E-state index contributed by atoms with van der Waals surface area (Å²) in [6.45, 7) is 4.54. The van der Waals surface area contributed by atoms with Crippen LogP contribution in [0.5, 0.6) is 0 Å². The molecule has 1 fully saturated rings. The van der Waals surface area contributed by atoms with E-state index in [-0.39, 0.29) is 17.9 Å². The number of carbonyl (C=O) groups excluding carboxylic acids is 2. The first-order valence-electron chi connectivity index (χ1n) is 6.97. The van der Waals surface area contributed by atoms with Crippen molar-refractivity contribution < 1.29 is 9.59 Å². The first-order chi connectivity index (χ1) is 9.56. The molecule has 0 bridgehead atoms. The normalized spacial score (nSPS) is 19.4. The largest absolute Gasteiger partial charge is 0.343 e. The second kappa shape index (κ2) is 6.52. The fourth-order valence-electron chi connectivity index (χ4n) is 2.18. The number of hydrogen-bond donors (Lipinski definition) is 3. The third kappa shape index (κ3) is 3.81. The number of benzene rings is 1. The van der Waals surface area contributed by atoms with Gasteiger partial charge in [0.05, 0.1) is 6.04 Å². The van der Waals surface area contributed by atoms with Gasteiger partial charge in [0, 0.05) is 5.69 Å². The highest BCUT2D eigenvalue weighted by Crippen LogP contribution is 2.09. The Hall–Kier alpha value is -1.88. The summed E-state index contributed by atoms with van der Waals surface area (Å²) in [6.07, 6.45) is 1.83.